The van der Waals surface area contributed by atoms with Crippen LogP contribution in [0.3, 0.4) is 0 Å². The van der Waals surface area contributed by atoms with Gasteiger partial charge in [0.15, 0.2) is 6.61 Å². The van der Waals surface area contributed by atoms with Crippen LogP contribution < -0.4 is 5.73 Å². The minimum absolute atomic E-state index is 0.0232. The summed E-state index contributed by atoms with van der Waals surface area (Å²) < 4.78 is 115. The molecule has 0 spiro atoms. The van der Waals surface area contributed by atoms with Crippen molar-refractivity contribution in [3.63, 3.8) is 0 Å². The van der Waals surface area contributed by atoms with E-state index in [0.717, 1.165) is 48.8 Å². The fourth-order valence-corrected chi connectivity index (χ4v) is 4.32. The first-order valence-electron chi connectivity index (χ1n) is 14.0. The molecule has 10 nitrogen and oxygen atoms in total. The number of halogens is 9. The topological polar surface area (TPSA) is 136 Å². The van der Waals surface area contributed by atoms with Gasteiger partial charge in [-0.05, 0) is 62.8 Å². The van der Waals surface area contributed by atoms with E-state index in [2.05, 4.69) is 14.7 Å². The highest BCUT2D eigenvalue weighted by Gasteiger charge is 2.37. The fraction of sp³-hybridized carbons (Fsp3) is 0.500. The summed E-state index contributed by atoms with van der Waals surface area (Å²) in [4.78, 5) is 56.0. The van der Waals surface area contributed by atoms with E-state index in [-0.39, 0.29) is 30.5 Å². The maximum Gasteiger partial charge on any atom is 0.422 e. The van der Waals surface area contributed by atoms with Crippen LogP contribution >= 0.6 is 0 Å². The minimum atomic E-state index is -4.77. The van der Waals surface area contributed by atoms with E-state index in [0.29, 0.717) is 25.2 Å². The predicted octanol–water partition coefficient (Wildman–Crippen LogP) is 4.55. The van der Waals surface area contributed by atoms with E-state index >= 15 is 0 Å². The van der Waals surface area contributed by atoms with Gasteiger partial charge in [-0.25, -0.2) is 4.79 Å². The van der Waals surface area contributed by atoms with Crippen LogP contribution in [-0.2, 0) is 49.4 Å². The molecule has 0 unspecified atom stereocenters. The number of amides is 3. The maximum atomic E-state index is 12.5. The van der Waals surface area contributed by atoms with Crippen molar-refractivity contribution in [2.75, 3.05) is 6.61 Å². The van der Waals surface area contributed by atoms with Crippen molar-refractivity contribution in [2.24, 2.45) is 5.73 Å². The summed E-state index contributed by atoms with van der Waals surface area (Å²) in [6.07, 6.45) is -8.26. The number of ether oxygens (including phenoxy) is 1. The number of hydrogen-bond acceptors (Lipinski definition) is 7. The Labute approximate surface area is 261 Å². The van der Waals surface area contributed by atoms with Gasteiger partial charge in [0, 0.05) is 24.5 Å². The number of alkyl halides is 9. The lowest BCUT2D eigenvalue weighted by Gasteiger charge is -2.36. The molecule has 2 fully saturated rings. The van der Waals surface area contributed by atoms with E-state index in [1.54, 1.807) is 0 Å². The fourth-order valence-electron chi connectivity index (χ4n) is 4.32. The lowest BCUT2D eigenvalue weighted by molar-refractivity contribution is -0.190. The first-order valence-corrected chi connectivity index (χ1v) is 14.0. The monoisotopic (exact) mass is 685 g/mol. The van der Waals surface area contributed by atoms with E-state index in [1.165, 1.54) is 11.0 Å². The molecule has 2 aliphatic carbocycles. The number of nitrogens with zero attached hydrogens (tertiary/aromatic N) is 4. The van der Waals surface area contributed by atoms with Gasteiger partial charge in [0.1, 0.15) is 0 Å². The SMILES string of the molecule is NC(=O)C(=O)N(Cc1ccc(C(F)(F)F)cn1)C1CCC1.O=C(OCC(F)(F)F)C(=O)N(Cc1ccc(C(F)(F)F)cn1)C1CCC1. The average Bonchev–Trinajstić information content (AvgIpc) is 2.92. The molecule has 258 valence electrons. The number of nitrogens with two attached hydrogens (primary N) is 1. The van der Waals surface area contributed by atoms with Crippen LogP contribution in [0, 0.1) is 0 Å². The van der Waals surface area contributed by atoms with E-state index in [4.69, 9.17) is 5.73 Å². The zero-order valence-corrected chi connectivity index (χ0v) is 24.3. The van der Waals surface area contributed by atoms with Crippen LogP contribution in [0.25, 0.3) is 0 Å². The highest BCUT2D eigenvalue weighted by atomic mass is 19.4. The second-order valence-corrected chi connectivity index (χ2v) is 10.7. The van der Waals surface area contributed by atoms with Crippen LogP contribution in [0.15, 0.2) is 36.7 Å². The Morgan fingerprint density at radius 3 is 1.38 bits per heavy atom. The lowest BCUT2D eigenvalue weighted by Crippen LogP contribution is -2.48. The molecule has 3 amide bonds. The van der Waals surface area contributed by atoms with Gasteiger partial charge in [-0.3, -0.25) is 24.4 Å². The summed E-state index contributed by atoms with van der Waals surface area (Å²) in [5, 5.41) is 0. The van der Waals surface area contributed by atoms with Crippen LogP contribution in [0.4, 0.5) is 39.5 Å². The summed E-state index contributed by atoms with van der Waals surface area (Å²) in [7, 11) is 0. The first kappa shape index (κ1) is 37.0. The smallest absolute Gasteiger partial charge is 0.422 e. The zero-order valence-electron chi connectivity index (χ0n) is 24.3. The third kappa shape index (κ3) is 10.8. The largest absolute Gasteiger partial charge is 0.449 e. The van der Waals surface area contributed by atoms with Gasteiger partial charge in [0.2, 0.25) is 0 Å². The van der Waals surface area contributed by atoms with Crippen LogP contribution in [0.1, 0.15) is 61.0 Å². The normalized spacial score (nSPS) is 15.3. The standard InChI is InChI=1S/C15H14F6N2O3.C13H14F3N3O2/c16-14(17,18)8-26-13(25)12(24)23(11-2-1-3-11)7-10-5-4-9(6-22-10)15(19,20)21;14-13(15,16)8-4-5-9(18-6-8)7-19(10-2-1-3-10)12(21)11(17)20/h4-6,11H,1-3,7-8H2;4-6,10H,1-3,7H2,(H2,17,20). The molecule has 2 saturated carbocycles. The third-order valence-electron chi connectivity index (χ3n) is 7.27. The molecule has 0 aliphatic heterocycles. The molecule has 0 saturated heterocycles. The number of carbonyl (C=O) groups excluding carboxylic acids is 4. The summed E-state index contributed by atoms with van der Waals surface area (Å²) in [6.45, 7) is -2.22. The van der Waals surface area contributed by atoms with Crippen molar-refractivity contribution in [1.29, 1.82) is 0 Å². The number of rotatable bonds is 7. The number of hydrogen-bond donors (Lipinski definition) is 1. The Balaban J connectivity index is 0.000000261. The summed E-state index contributed by atoms with van der Waals surface area (Å²) in [6, 6.07) is 3.41. The molecule has 2 aliphatic rings. The van der Waals surface area contributed by atoms with Gasteiger partial charge in [-0.1, -0.05) is 0 Å². The Hall–Kier alpha value is -4.45. The molecule has 0 aromatic carbocycles. The quantitative estimate of drug-likeness (QED) is 0.257. The highest BCUT2D eigenvalue weighted by molar-refractivity contribution is 6.34. The number of primary amides is 1. The van der Waals surface area contributed by atoms with Crippen molar-refractivity contribution in [3.05, 3.63) is 59.2 Å². The molecule has 2 aromatic heterocycles. The number of carbonyl (C=O) groups is 4. The van der Waals surface area contributed by atoms with Gasteiger partial charge in [0.25, 0.3) is 0 Å². The Kier molecular flexibility index (Phi) is 11.8. The van der Waals surface area contributed by atoms with Gasteiger partial charge < -0.3 is 20.3 Å². The second kappa shape index (κ2) is 15.0. The van der Waals surface area contributed by atoms with Crippen LogP contribution in [0.5, 0.6) is 0 Å². The Morgan fingerprint density at radius 1 is 0.702 bits per heavy atom. The first-order chi connectivity index (χ1) is 21.8. The summed E-state index contributed by atoms with van der Waals surface area (Å²) in [5.74, 6) is -4.85. The molecule has 0 atom stereocenters. The maximum absolute atomic E-state index is 12.5. The van der Waals surface area contributed by atoms with Crippen molar-refractivity contribution in [3.8, 4) is 0 Å². The molecule has 0 bridgehead atoms. The second-order valence-electron chi connectivity index (χ2n) is 10.7. The third-order valence-corrected chi connectivity index (χ3v) is 7.27. The van der Waals surface area contributed by atoms with Gasteiger partial charge >= 0.3 is 42.2 Å². The van der Waals surface area contributed by atoms with E-state index in [1.807, 2.05) is 0 Å². The summed E-state index contributed by atoms with van der Waals surface area (Å²) in [5.41, 5.74) is 3.50. The van der Waals surface area contributed by atoms with Crippen LogP contribution in [0.2, 0.25) is 0 Å². The number of aromatic nitrogens is 2. The zero-order chi connectivity index (χ0) is 35.2. The molecule has 2 N–H and O–H groups in total. The Morgan fingerprint density at radius 2 is 1.11 bits per heavy atom. The molecule has 47 heavy (non-hydrogen) atoms. The predicted molar refractivity (Wildman–Crippen MR) is 141 cm³/mol. The van der Waals surface area contributed by atoms with Crippen molar-refractivity contribution < 1.29 is 63.4 Å². The van der Waals surface area contributed by atoms with Crippen LogP contribution in [-0.4, -0.2) is 68.3 Å². The molecule has 0 radical (unpaired) electrons. The van der Waals surface area contributed by atoms with Crippen molar-refractivity contribution in [2.45, 2.75) is 82.2 Å². The average molecular weight is 686 g/mol. The molecular formula is C28H28F9N5O5. The number of esters is 1. The molecular weight excluding hydrogens is 657 g/mol. The van der Waals surface area contributed by atoms with Crippen molar-refractivity contribution in [1.82, 2.24) is 19.8 Å². The van der Waals surface area contributed by atoms with Gasteiger partial charge in [-0.2, -0.15) is 39.5 Å². The van der Waals surface area contributed by atoms with Crippen molar-refractivity contribution >= 4 is 23.7 Å². The lowest BCUT2D eigenvalue weighted by atomic mass is 9.91. The summed E-state index contributed by atoms with van der Waals surface area (Å²) >= 11 is 0. The number of pyridine rings is 2. The highest BCUT2D eigenvalue weighted by Crippen LogP contribution is 2.31. The molecule has 2 aromatic rings. The van der Waals surface area contributed by atoms with E-state index < -0.39 is 66.0 Å². The van der Waals surface area contributed by atoms with Gasteiger partial charge in [0.05, 0.1) is 35.6 Å². The molecule has 4 rings (SSSR count). The Bertz CT molecular complexity index is 1410. The minimum Gasteiger partial charge on any atom is -0.449 e. The molecule has 19 heteroatoms. The van der Waals surface area contributed by atoms with E-state index in [9.17, 15) is 58.7 Å². The molecule has 2 heterocycles. The van der Waals surface area contributed by atoms with Gasteiger partial charge in [-0.15, -0.1) is 0 Å².